The zero-order valence-corrected chi connectivity index (χ0v) is 8.84. The average Bonchev–Trinajstić information content (AvgIpc) is 2.32. The second kappa shape index (κ2) is 4.27. The summed E-state index contributed by atoms with van der Waals surface area (Å²) in [6, 6.07) is 0. The van der Waals surface area contributed by atoms with Crippen molar-refractivity contribution in [1.82, 2.24) is 0 Å². The van der Waals surface area contributed by atoms with E-state index in [1.807, 2.05) is 0 Å². The minimum absolute atomic E-state index is 0.546. The molecule has 0 N–H and O–H groups in total. The topological polar surface area (TPSA) is 9.23 Å². The molecule has 0 aromatic heterocycles. The van der Waals surface area contributed by atoms with E-state index in [0.717, 1.165) is 24.4 Å². The van der Waals surface area contributed by atoms with Gasteiger partial charge in [-0.3, -0.25) is 0 Å². The maximum absolute atomic E-state index is 5.78. The molecule has 0 saturated carbocycles. The van der Waals surface area contributed by atoms with Crippen LogP contribution in [0.1, 0.15) is 40.5 Å². The first kappa shape index (κ1) is 10.0. The highest BCUT2D eigenvalue weighted by atomic mass is 16.5. The van der Waals surface area contributed by atoms with E-state index < -0.39 is 0 Å². The third-order valence-electron chi connectivity index (χ3n) is 3.00. The van der Waals surface area contributed by atoms with Crippen LogP contribution in [0, 0.1) is 17.8 Å². The van der Waals surface area contributed by atoms with E-state index >= 15 is 0 Å². The highest BCUT2D eigenvalue weighted by Crippen LogP contribution is 2.34. The second-order valence-electron chi connectivity index (χ2n) is 4.46. The predicted octanol–water partition coefficient (Wildman–Crippen LogP) is 3.09. The maximum atomic E-state index is 5.78. The Labute approximate surface area is 76.5 Å². The first-order chi connectivity index (χ1) is 5.66. The van der Waals surface area contributed by atoms with Gasteiger partial charge in [0, 0.05) is 6.61 Å². The van der Waals surface area contributed by atoms with E-state index in [1.54, 1.807) is 0 Å². The molecule has 1 fully saturated rings. The Morgan fingerprint density at radius 3 is 2.58 bits per heavy atom. The van der Waals surface area contributed by atoms with Gasteiger partial charge in [-0.1, -0.05) is 34.1 Å². The zero-order valence-electron chi connectivity index (χ0n) is 8.84. The van der Waals surface area contributed by atoms with Crippen LogP contribution in [0.15, 0.2) is 0 Å². The van der Waals surface area contributed by atoms with Crippen molar-refractivity contribution in [1.29, 1.82) is 0 Å². The molecule has 0 amide bonds. The van der Waals surface area contributed by atoms with E-state index in [0.29, 0.717) is 6.10 Å². The molecule has 0 radical (unpaired) electrons. The molecule has 0 aliphatic carbocycles. The lowest BCUT2D eigenvalue weighted by atomic mass is 9.81. The SMILES string of the molecule is CCCC1OC[C@H](C)[C@@H]1C(C)C. The Hall–Kier alpha value is -0.0400. The number of hydrogen-bond donors (Lipinski definition) is 0. The van der Waals surface area contributed by atoms with Gasteiger partial charge in [0.1, 0.15) is 0 Å². The lowest BCUT2D eigenvalue weighted by Gasteiger charge is -2.24. The summed E-state index contributed by atoms with van der Waals surface area (Å²) in [5.41, 5.74) is 0. The van der Waals surface area contributed by atoms with Gasteiger partial charge in [-0.05, 0) is 24.2 Å². The Morgan fingerprint density at radius 2 is 2.08 bits per heavy atom. The number of hydrogen-bond acceptors (Lipinski definition) is 1. The highest BCUT2D eigenvalue weighted by molar-refractivity contribution is 4.83. The fourth-order valence-corrected chi connectivity index (χ4v) is 2.51. The third-order valence-corrected chi connectivity index (χ3v) is 3.00. The maximum Gasteiger partial charge on any atom is 0.0609 e. The molecule has 0 aromatic rings. The van der Waals surface area contributed by atoms with Crippen LogP contribution < -0.4 is 0 Å². The monoisotopic (exact) mass is 170 g/mol. The lowest BCUT2D eigenvalue weighted by Crippen LogP contribution is -2.24. The zero-order chi connectivity index (χ0) is 9.14. The van der Waals surface area contributed by atoms with Gasteiger partial charge < -0.3 is 4.74 Å². The highest BCUT2D eigenvalue weighted by Gasteiger charge is 2.35. The molecule has 72 valence electrons. The summed E-state index contributed by atoms with van der Waals surface area (Å²) in [6.07, 6.45) is 3.04. The molecule has 1 aliphatic heterocycles. The Balaban J connectivity index is 2.51. The van der Waals surface area contributed by atoms with E-state index in [-0.39, 0.29) is 0 Å². The smallest absolute Gasteiger partial charge is 0.0609 e. The van der Waals surface area contributed by atoms with Gasteiger partial charge in [0.15, 0.2) is 0 Å². The lowest BCUT2D eigenvalue weighted by molar-refractivity contribution is 0.0719. The van der Waals surface area contributed by atoms with Gasteiger partial charge in [-0.25, -0.2) is 0 Å². The van der Waals surface area contributed by atoms with Crippen molar-refractivity contribution in [2.24, 2.45) is 17.8 Å². The average molecular weight is 170 g/mol. The van der Waals surface area contributed by atoms with Crippen LogP contribution in [-0.4, -0.2) is 12.7 Å². The fourth-order valence-electron chi connectivity index (χ4n) is 2.51. The normalized spacial score (nSPS) is 36.2. The van der Waals surface area contributed by atoms with Gasteiger partial charge in [-0.2, -0.15) is 0 Å². The van der Waals surface area contributed by atoms with Crippen LogP contribution in [0.4, 0.5) is 0 Å². The van der Waals surface area contributed by atoms with Crippen molar-refractivity contribution in [2.45, 2.75) is 46.6 Å². The molecule has 1 heteroatoms. The van der Waals surface area contributed by atoms with Crippen molar-refractivity contribution in [3.63, 3.8) is 0 Å². The molecule has 1 unspecified atom stereocenters. The van der Waals surface area contributed by atoms with Crippen molar-refractivity contribution >= 4 is 0 Å². The van der Waals surface area contributed by atoms with Crippen LogP contribution in [0.25, 0.3) is 0 Å². The Morgan fingerprint density at radius 1 is 1.42 bits per heavy atom. The van der Waals surface area contributed by atoms with Crippen LogP contribution in [0.3, 0.4) is 0 Å². The summed E-state index contributed by atoms with van der Waals surface area (Å²) >= 11 is 0. The predicted molar refractivity (Wildman–Crippen MR) is 52.1 cm³/mol. The van der Waals surface area contributed by atoms with Crippen molar-refractivity contribution in [3.8, 4) is 0 Å². The molecule has 1 nitrogen and oxygen atoms in total. The van der Waals surface area contributed by atoms with E-state index in [4.69, 9.17) is 4.74 Å². The van der Waals surface area contributed by atoms with Crippen molar-refractivity contribution in [2.75, 3.05) is 6.61 Å². The molecule has 0 aromatic carbocycles. The second-order valence-corrected chi connectivity index (χ2v) is 4.46. The summed E-state index contributed by atoms with van der Waals surface area (Å²) in [5.74, 6) is 2.34. The van der Waals surface area contributed by atoms with Crippen LogP contribution >= 0.6 is 0 Å². The van der Waals surface area contributed by atoms with Gasteiger partial charge in [0.05, 0.1) is 6.10 Å². The van der Waals surface area contributed by atoms with Crippen molar-refractivity contribution in [3.05, 3.63) is 0 Å². The van der Waals surface area contributed by atoms with Crippen LogP contribution in [0.2, 0.25) is 0 Å². The van der Waals surface area contributed by atoms with E-state index in [1.165, 1.54) is 12.8 Å². The first-order valence-corrected chi connectivity index (χ1v) is 5.28. The standard InChI is InChI=1S/C11H22O/c1-5-6-10-11(8(2)3)9(4)7-12-10/h8-11H,5-7H2,1-4H3/t9-,10?,11-/m0/s1. The van der Waals surface area contributed by atoms with Crippen molar-refractivity contribution < 1.29 is 4.74 Å². The third kappa shape index (κ3) is 2.01. The number of rotatable bonds is 3. The molecule has 1 rings (SSSR count). The molecule has 3 atom stereocenters. The van der Waals surface area contributed by atoms with Gasteiger partial charge in [0.2, 0.25) is 0 Å². The van der Waals surface area contributed by atoms with Crippen LogP contribution in [0.5, 0.6) is 0 Å². The van der Waals surface area contributed by atoms with Crippen LogP contribution in [-0.2, 0) is 4.74 Å². The van der Waals surface area contributed by atoms with E-state index in [9.17, 15) is 0 Å². The van der Waals surface area contributed by atoms with Gasteiger partial charge in [0.25, 0.3) is 0 Å². The molecule has 1 heterocycles. The summed E-state index contributed by atoms with van der Waals surface area (Å²) in [4.78, 5) is 0. The largest absolute Gasteiger partial charge is 0.378 e. The molecule has 12 heavy (non-hydrogen) atoms. The minimum atomic E-state index is 0.546. The van der Waals surface area contributed by atoms with E-state index in [2.05, 4.69) is 27.7 Å². The summed E-state index contributed by atoms with van der Waals surface area (Å²) in [6.45, 7) is 10.2. The molecule has 0 spiro atoms. The molecular formula is C11H22O. The van der Waals surface area contributed by atoms with Gasteiger partial charge in [-0.15, -0.1) is 0 Å². The Kier molecular flexibility index (Phi) is 3.57. The quantitative estimate of drug-likeness (QED) is 0.632. The number of ether oxygens (including phenoxy) is 1. The molecular weight excluding hydrogens is 148 g/mol. The summed E-state index contributed by atoms with van der Waals surface area (Å²) in [7, 11) is 0. The molecule has 0 bridgehead atoms. The summed E-state index contributed by atoms with van der Waals surface area (Å²) < 4.78 is 5.78. The fraction of sp³-hybridized carbons (Fsp3) is 1.00. The molecule has 1 aliphatic rings. The minimum Gasteiger partial charge on any atom is -0.378 e. The Bertz CT molecular complexity index is 129. The first-order valence-electron chi connectivity index (χ1n) is 5.28. The molecule has 1 saturated heterocycles. The summed E-state index contributed by atoms with van der Waals surface area (Å²) in [5, 5.41) is 0. The van der Waals surface area contributed by atoms with Gasteiger partial charge >= 0.3 is 0 Å².